The fraction of sp³-hybridized carbons (Fsp3) is 0.500. The molecule has 1 aromatic carbocycles. The Bertz CT molecular complexity index is 807. The van der Waals surface area contributed by atoms with Crippen LogP contribution in [0.3, 0.4) is 0 Å². The minimum atomic E-state index is -1.62. The fourth-order valence-corrected chi connectivity index (χ4v) is 6.82. The highest BCUT2D eigenvalue weighted by Gasteiger charge is 2.45. The van der Waals surface area contributed by atoms with E-state index in [1.165, 1.54) is 14.0 Å². The first-order chi connectivity index (χ1) is 13.5. The van der Waals surface area contributed by atoms with Gasteiger partial charge >= 0.3 is 0 Å². The normalized spacial score (nSPS) is 26.7. The summed E-state index contributed by atoms with van der Waals surface area (Å²) in [6, 6.07) is 0. The van der Waals surface area contributed by atoms with Crippen LogP contribution in [-0.2, 0) is 9.53 Å². The topological polar surface area (TPSA) is 158 Å². The number of anilines is 1. The summed E-state index contributed by atoms with van der Waals surface area (Å²) in [6.07, 6.45) is -7.34. The van der Waals surface area contributed by atoms with Gasteiger partial charge < -0.3 is 40.5 Å². The number of rotatable bonds is 5. The van der Waals surface area contributed by atoms with Crippen LogP contribution in [-0.4, -0.2) is 76.6 Å². The number of halogens is 3. The summed E-state index contributed by atoms with van der Waals surface area (Å²) in [5.74, 6) is -0.637. The largest absolute Gasteiger partial charge is 0.460 e. The first-order valence-electron chi connectivity index (χ1n) is 8.22. The molecule has 1 aromatic rings. The smallest absolute Gasteiger partial charge is 0.253 e. The van der Waals surface area contributed by atoms with Crippen molar-refractivity contribution in [1.29, 1.82) is 0 Å². The highest BCUT2D eigenvalue weighted by atomic mass is 127. The van der Waals surface area contributed by atoms with Crippen LogP contribution in [0.15, 0.2) is 0 Å². The molecule has 1 aliphatic rings. The Morgan fingerprint density at radius 1 is 1.07 bits per heavy atom. The molecule has 2 rings (SSSR count). The van der Waals surface area contributed by atoms with Gasteiger partial charge in [-0.25, -0.2) is 0 Å². The van der Waals surface area contributed by atoms with E-state index in [0.717, 1.165) is 0 Å². The maximum Gasteiger partial charge on any atom is 0.253 e. The van der Waals surface area contributed by atoms with Crippen molar-refractivity contribution in [2.45, 2.75) is 37.6 Å². The van der Waals surface area contributed by atoms with E-state index in [2.05, 4.69) is 10.6 Å². The van der Waals surface area contributed by atoms with Crippen molar-refractivity contribution in [3.8, 4) is 5.75 Å². The fourth-order valence-electron chi connectivity index (χ4n) is 2.64. The maximum atomic E-state index is 12.4. The van der Waals surface area contributed by atoms with E-state index in [1.54, 1.807) is 0 Å². The van der Waals surface area contributed by atoms with Crippen molar-refractivity contribution in [2.75, 3.05) is 19.0 Å². The monoisotopic (exact) mass is 748 g/mol. The molecular formula is C16H19I3N2O8. The molecule has 1 saturated heterocycles. The van der Waals surface area contributed by atoms with Crippen LogP contribution in [0.4, 0.5) is 5.69 Å². The van der Waals surface area contributed by atoms with Crippen LogP contribution >= 0.6 is 67.8 Å². The summed E-state index contributed by atoms with van der Waals surface area (Å²) >= 11 is 5.77. The minimum Gasteiger partial charge on any atom is -0.460 e. The van der Waals surface area contributed by atoms with E-state index in [4.69, 9.17) is 9.47 Å². The molecule has 1 heterocycles. The van der Waals surface area contributed by atoms with Crippen LogP contribution in [0.2, 0.25) is 0 Å². The van der Waals surface area contributed by atoms with Crippen LogP contribution in [0, 0.1) is 10.7 Å². The van der Waals surface area contributed by atoms with Gasteiger partial charge in [0, 0.05) is 14.0 Å². The van der Waals surface area contributed by atoms with Crippen LogP contribution in [0.1, 0.15) is 17.3 Å². The standard InChI is InChI=1S/C16H19I3N2O8/c1-4(23)21-10-7(17)6(15(27)20-2)8(18)14(9(10)19)29-16-13(26)12(25)11(24)5(3-22)28-16/h5,11-13,16,22,24-26H,3H2,1-2H3,(H,20,27)(H,21,23)/t5-,11-,12+,13-,16+/m1/s1. The molecule has 10 nitrogen and oxygen atoms in total. The summed E-state index contributed by atoms with van der Waals surface area (Å²) in [5.41, 5.74) is 0.592. The predicted molar refractivity (Wildman–Crippen MR) is 127 cm³/mol. The lowest BCUT2D eigenvalue weighted by molar-refractivity contribution is -0.277. The molecule has 1 fully saturated rings. The molecule has 0 spiro atoms. The summed E-state index contributed by atoms with van der Waals surface area (Å²) < 4.78 is 12.5. The molecule has 0 aromatic heterocycles. The van der Waals surface area contributed by atoms with Gasteiger partial charge in [-0.3, -0.25) is 9.59 Å². The molecule has 5 atom stereocenters. The van der Waals surface area contributed by atoms with Gasteiger partial charge in [-0.2, -0.15) is 0 Å². The van der Waals surface area contributed by atoms with Gasteiger partial charge in [-0.1, -0.05) is 0 Å². The van der Waals surface area contributed by atoms with Crippen molar-refractivity contribution in [3.05, 3.63) is 16.3 Å². The van der Waals surface area contributed by atoms with Gasteiger partial charge in [0.15, 0.2) is 5.75 Å². The zero-order valence-corrected chi connectivity index (χ0v) is 21.6. The van der Waals surface area contributed by atoms with Gasteiger partial charge in [0.25, 0.3) is 5.91 Å². The summed E-state index contributed by atoms with van der Waals surface area (Å²) in [4.78, 5) is 24.1. The first-order valence-corrected chi connectivity index (χ1v) is 11.5. The highest BCUT2D eigenvalue weighted by molar-refractivity contribution is 14.1. The molecule has 6 N–H and O–H groups in total. The molecule has 162 valence electrons. The SMILES string of the molecule is CNC(=O)c1c(I)c(NC(C)=O)c(I)c(O[C@@H]2O[C@H](CO)[C@@H](O)[C@H](O)[C@H]2O)c1I. The Morgan fingerprint density at radius 3 is 2.21 bits per heavy atom. The molecule has 0 radical (unpaired) electrons. The number of aliphatic hydroxyl groups excluding tert-OH is 4. The lowest BCUT2D eigenvalue weighted by Gasteiger charge is -2.39. The molecule has 1 aliphatic heterocycles. The van der Waals surface area contributed by atoms with E-state index in [0.29, 0.717) is 16.4 Å². The number of ether oxygens (including phenoxy) is 2. The van der Waals surface area contributed by atoms with Gasteiger partial charge in [0.05, 0.1) is 28.6 Å². The van der Waals surface area contributed by atoms with E-state index in [-0.39, 0.29) is 17.2 Å². The quantitative estimate of drug-likeness (QED) is 0.230. The Labute approximate surface area is 207 Å². The van der Waals surface area contributed by atoms with Crippen molar-refractivity contribution in [2.24, 2.45) is 0 Å². The zero-order valence-electron chi connectivity index (χ0n) is 15.1. The second kappa shape index (κ2) is 10.5. The van der Waals surface area contributed by atoms with Gasteiger partial charge in [-0.05, 0) is 67.8 Å². The first kappa shape index (κ1) is 25.2. The number of hydrogen-bond acceptors (Lipinski definition) is 8. The maximum absolute atomic E-state index is 12.4. The van der Waals surface area contributed by atoms with Gasteiger partial charge in [0.1, 0.15) is 24.4 Å². The third kappa shape index (κ3) is 5.24. The van der Waals surface area contributed by atoms with Crippen molar-refractivity contribution in [1.82, 2.24) is 5.32 Å². The lowest BCUT2D eigenvalue weighted by atomic mass is 9.99. The number of hydrogen-bond donors (Lipinski definition) is 6. The third-order valence-corrected chi connectivity index (χ3v) is 7.25. The molecule has 29 heavy (non-hydrogen) atoms. The summed E-state index contributed by atoms with van der Waals surface area (Å²) in [6.45, 7) is 0.716. The molecule has 0 unspecified atom stereocenters. The average Bonchev–Trinajstić information content (AvgIpc) is 2.67. The lowest BCUT2D eigenvalue weighted by Crippen LogP contribution is -2.60. The third-order valence-electron chi connectivity index (χ3n) is 4.11. The van der Waals surface area contributed by atoms with Crippen LogP contribution < -0.4 is 15.4 Å². The number of nitrogens with one attached hydrogen (secondary N) is 2. The van der Waals surface area contributed by atoms with E-state index in [9.17, 15) is 30.0 Å². The Balaban J connectivity index is 2.56. The Morgan fingerprint density at radius 2 is 1.69 bits per heavy atom. The van der Waals surface area contributed by atoms with Crippen molar-refractivity contribution >= 4 is 85.3 Å². The molecule has 2 amide bonds. The Hall–Kier alpha value is -0.0500. The van der Waals surface area contributed by atoms with E-state index in [1.807, 2.05) is 67.8 Å². The second-order valence-electron chi connectivity index (χ2n) is 6.10. The number of carbonyl (C=O) groups is 2. The van der Waals surface area contributed by atoms with Gasteiger partial charge in [-0.15, -0.1) is 0 Å². The summed E-state index contributed by atoms with van der Waals surface area (Å²) in [7, 11) is 1.46. The van der Waals surface area contributed by atoms with E-state index >= 15 is 0 Å². The molecule has 0 aliphatic carbocycles. The van der Waals surface area contributed by atoms with Crippen molar-refractivity contribution < 1.29 is 39.5 Å². The number of benzene rings is 1. The Kier molecular flexibility index (Phi) is 9.14. The molecule has 13 heteroatoms. The number of aliphatic hydroxyl groups is 4. The van der Waals surface area contributed by atoms with Crippen molar-refractivity contribution in [3.63, 3.8) is 0 Å². The van der Waals surface area contributed by atoms with E-state index < -0.39 is 43.2 Å². The summed E-state index contributed by atoms with van der Waals surface area (Å²) in [5, 5.41) is 44.7. The molecule has 0 bridgehead atoms. The minimum absolute atomic E-state index is 0.137. The zero-order chi connectivity index (χ0) is 22.0. The molecule has 0 saturated carbocycles. The predicted octanol–water partition coefficient (Wildman–Crippen LogP) is -0.00290. The number of amides is 2. The van der Waals surface area contributed by atoms with Crippen LogP contribution in [0.25, 0.3) is 0 Å². The molecular weight excluding hydrogens is 729 g/mol. The second-order valence-corrected chi connectivity index (χ2v) is 9.33. The highest BCUT2D eigenvalue weighted by Crippen LogP contribution is 2.41. The number of carbonyl (C=O) groups excluding carboxylic acids is 2. The van der Waals surface area contributed by atoms with Crippen LogP contribution in [0.5, 0.6) is 5.75 Å². The van der Waals surface area contributed by atoms with Gasteiger partial charge in [0.2, 0.25) is 12.2 Å². The average molecular weight is 748 g/mol.